The third-order valence-corrected chi connectivity index (χ3v) is 8.99. The van der Waals surface area contributed by atoms with E-state index in [4.69, 9.17) is 14.7 Å². The van der Waals surface area contributed by atoms with Crippen LogP contribution in [0, 0.1) is 11.3 Å². The Hall–Kier alpha value is -4.00. The van der Waals surface area contributed by atoms with Gasteiger partial charge in [-0.3, -0.25) is 4.79 Å². The van der Waals surface area contributed by atoms with Crippen molar-refractivity contribution in [2.45, 2.75) is 31.3 Å². The van der Waals surface area contributed by atoms with Gasteiger partial charge in [-0.2, -0.15) is 15.2 Å². The van der Waals surface area contributed by atoms with Crippen LogP contribution in [-0.2, 0) is 4.79 Å². The zero-order valence-corrected chi connectivity index (χ0v) is 23.4. The zero-order chi connectivity index (χ0) is 27.6. The number of hydrogen-bond acceptors (Lipinski definition) is 8. The third-order valence-electron chi connectivity index (χ3n) is 8.11. The summed E-state index contributed by atoms with van der Waals surface area (Å²) in [6.07, 6.45) is 3.83. The lowest BCUT2D eigenvalue weighted by molar-refractivity contribution is -0.128. The summed E-state index contributed by atoms with van der Waals surface area (Å²) in [5.41, 5.74) is 3.07. The van der Waals surface area contributed by atoms with Gasteiger partial charge >= 0.3 is 6.01 Å². The minimum atomic E-state index is -0.249. The minimum Gasteiger partial charge on any atom is -0.462 e. The first-order chi connectivity index (χ1) is 19.6. The van der Waals surface area contributed by atoms with Gasteiger partial charge in [0, 0.05) is 41.1 Å². The van der Waals surface area contributed by atoms with Gasteiger partial charge in [0.1, 0.15) is 12.4 Å². The SMILES string of the molecule is C=CC(=O)N1CCN(c2nc(OCC3CCCN3C)nc3cc(-c4cccc5sccc45)ccc23)CC1CC#N. The number of rotatable bonds is 7. The van der Waals surface area contributed by atoms with E-state index in [0.717, 1.165) is 35.2 Å². The van der Waals surface area contributed by atoms with E-state index in [0.29, 0.717) is 38.3 Å². The van der Waals surface area contributed by atoms with Crippen molar-refractivity contribution in [2.75, 3.05) is 44.7 Å². The molecule has 0 aliphatic carbocycles. The Bertz CT molecular complexity index is 1610. The van der Waals surface area contributed by atoms with Crippen LogP contribution in [-0.4, -0.2) is 77.6 Å². The van der Waals surface area contributed by atoms with Crippen LogP contribution in [0.2, 0.25) is 0 Å². The van der Waals surface area contributed by atoms with Gasteiger partial charge < -0.3 is 19.4 Å². The van der Waals surface area contributed by atoms with Crippen LogP contribution in [0.1, 0.15) is 19.3 Å². The second kappa shape index (κ2) is 11.2. The number of thiophene rings is 1. The van der Waals surface area contributed by atoms with Crippen molar-refractivity contribution >= 4 is 44.1 Å². The van der Waals surface area contributed by atoms with Crippen molar-refractivity contribution in [3.8, 4) is 23.2 Å². The Kier molecular flexibility index (Phi) is 7.37. The van der Waals surface area contributed by atoms with Gasteiger partial charge in [-0.25, -0.2) is 0 Å². The van der Waals surface area contributed by atoms with Crippen molar-refractivity contribution in [2.24, 2.45) is 0 Å². The molecule has 2 atom stereocenters. The van der Waals surface area contributed by atoms with E-state index in [-0.39, 0.29) is 18.4 Å². The second-order valence-corrected chi connectivity index (χ2v) is 11.4. The van der Waals surface area contributed by atoms with Crippen LogP contribution in [0.3, 0.4) is 0 Å². The molecule has 204 valence electrons. The molecular weight excluding hydrogens is 520 g/mol. The number of fused-ring (bicyclic) bond motifs is 2. The Morgan fingerprint density at radius 2 is 2.08 bits per heavy atom. The van der Waals surface area contributed by atoms with Gasteiger partial charge in [0.15, 0.2) is 0 Å². The standard InChI is InChI=1S/C31H32N6O2S/c1-3-29(38)37-16-15-36(19-22(37)11-13-32)30-26-10-9-21(24-7-4-8-28-25(24)12-17-40-28)18-27(26)33-31(34-30)39-20-23-6-5-14-35(23)2/h3-4,7-10,12,17-18,22-23H,1,5-6,11,14-16,19-20H2,2H3. The third kappa shape index (κ3) is 5.01. The molecule has 2 aromatic carbocycles. The number of nitriles is 1. The lowest BCUT2D eigenvalue weighted by Gasteiger charge is -2.41. The molecule has 0 saturated carbocycles. The Labute approximate surface area is 238 Å². The number of benzene rings is 2. The van der Waals surface area contributed by atoms with Gasteiger partial charge in [-0.15, -0.1) is 11.3 Å². The molecule has 2 saturated heterocycles. The molecule has 8 nitrogen and oxygen atoms in total. The van der Waals surface area contributed by atoms with Gasteiger partial charge in [-0.1, -0.05) is 24.8 Å². The molecule has 2 unspecified atom stereocenters. The summed E-state index contributed by atoms with van der Waals surface area (Å²) in [5, 5.41) is 13.7. The molecule has 9 heteroatoms. The number of hydrogen-bond donors (Lipinski definition) is 0. The number of ether oxygens (including phenoxy) is 1. The molecule has 2 aliphatic rings. The first-order valence-electron chi connectivity index (χ1n) is 13.7. The number of likely N-dealkylation sites (tertiary alicyclic amines) is 1. The van der Waals surface area contributed by atoms with Crippen LogP contribution in [0.25, 0.3) is 32.1 Å². The van der Waals surface area contributed by atoms with Gasteiger partial charge in [0.05, 0.1) is 24.0 Å². The maximum atomic E-state index is 12.5. The van der Waals surface area contributed by atoms with E-state index in [1.54, 1.807) is 16.2 Å². The number of carbonyl (C=O) groups is 1. The zero-order valence-electron chi connectivity index (χ0n) is 22.6. The summed E-state index contributed by atoms with van der Waals surface area (Å²) in [6, 6.07) is 17.6. The van der Waals surface area contributed by atoms with Crippen molar-refractivity contribution in [1.82, 2.24) is 19.8 Å². The lowest BCUT2D eigenvalue weighted by Crippen LogP contribution is -2.55. The van der Waals surface area contributed by atoms with Crippen molar-refractivity contribution in [3.05, 3.63) is 60.5 Å². The molecule has 2 aliphatic heterocycles. The number of carbonyl (C=O) groups excluding carboxylic acids is 1. The molecule has 6 rings (SSSR count). The molecule has 2 fully saturated rings. The molecule has 40 heavy (non-hydrogen) atoms. The fraction of sp³-hybridized carbons (Fsp3) is 0.355. The summed E-state index contributed by atoms with van der Waals surface area (Å²) >= 11 is 1.74. The smallest absolute Gasteiger partial charge is 0.319 e. The average molecular weight is 553 g/mol. The van der Waals surface area contributed by atoms with E-state index in [1.807, 2.05) is 0 Å². The highest BCUT2D eigenvalue weighted by atomic mass is 32.1. The fourth-order valence-corrected chi connectivity index (χ4v) is 6.72. The highest BCUT2D eigenvalue weighted by Gasteiger charge is 2.31. The van der Waals surface area contributed by atoms with Crippen LogP contribution >= 0.6 is 11.3 Å². The molecular formula is C31H32N6O2S. The normalized spacial score (nSPS) is 19.7. The largest absolute Gasteiger partial charge is 0.462 e. The predicted octanol–water partition coefficient (Wildman–Crippen LogP) is 5.10. The minimum absolute atomic E-state index is 0.149. The molecule has 0 N–H and O–H groups in total. The van der Waals surface area contributed by atoms with Crippen molar-refractivity contribution in [1.29, 1.82) is 5.26 Å². The predicted molar refractivity (Wildman–Crippen MR) is 160 cm³/mol. The van der Waals surface area contributed by atoms with Crippen molar-refractivity contribution in [3.63, 3.8) is 0 Å². The van der Waals surface area contributed by atoms with E-state index in [2.05, 4.69) is 77.3 Å². The van der Waals surface area contributed by atoms with Gasteiger partial charge in [0.2, 0.25) is 5.91 Å². The van der Waals surface area contributed by atoms with E-state index >= 15 is 0 Å². The summed E-state index contributed by atoms with van der Waals surface area (Å²) in [5.74, 6) is 0.623. The Morgan fingerprint density at radius 1 is 1.18 bits per heavy atom. The number of amides is 1. The number of anilines is 1. The molecule has 1 amide bonds. The highest BCUT2D eigenvalue weighted by molar-refractivity contribution is 7.17. The molecule has 0 radical (unpaired) electrons. The van der Waals surface area contributed by atoms with Crippen LogP contribution in [0.15, 0.2) is 60.5 Å². The number of aromatic nitrogens is 2. The van der Waals surface area contributed by atoms with E-state index < -0.39 is 0 Å². The fourth-order valence-electron chi connectivity index (χ4n) is 5.91. The topological polar surface area (TPSA) is 85.6 Å². The maximum absolute atomic E-state index is 12.5. The average Bonchev–Trinajstić information content (AvgIpc) is 3.63. The number of likely N-dealkylation sites (N-methyl/N-ethyl adjacent to an activating group) is 1. The quantitative estimate of drug-likeness (QED) is 0.295. The van der Waals surface area contributed by atoms with Crippen molar-refractivity contribution < 1.29 is 9.53 Å². The summed E-state index contributed by atoms with van der Waals surface area (Å²) < 4.78 is 7.49. The van der Waals surface area contributed by atoms with Gasteiger partial charge in [-0.05, 0) is 73.3 Å². The first kappa shape index (κ1) is 26.2. The molecule has 0 bridgehead atoms. The molecule has 4 aromatic rings. The summed E-state index contributed by atoms with van der Waals surface area (Å²) in [7, 11) is 2.13. The monoisotopic (exact) mass is 552 g/mol. The maximum Gasteiger partial charge on any atom is 0.319 e. The second-order valence-electron chi connectivity index (χ2n) is 10.5. The lowest BCUT2D eigenvalue weighted by atomic mass is 10.0. The highest BCUT2D eigenvalue weighted by Crippen LogP contribution is 2.36. The summed E-state index contributed by atoms with van der Waals surface area (Å²) in [6.45, 7) is 6.83. The molecule has 2 aromatic heterocycles. The summed E-state index contributed by atoms with van der Waals surface area (Å²) in [4.78, 5) is 28.5. The van der Waals surface area contributed by atoms with Gasteiger partial charge in [0.25, 0.3) is 0 Å². The van der Waals surface area contributed by atoms with Crippen LogP contribution in [0.4, 0.5) is 5.82 Å². The Balaban J connectivity index is 1.39. The van der Waals surface area contributed by atoms with E-state index in [1.165, 1.54) is 28.1 Å². The van der Waals surface area contributed by atoms with E-state index in [9.17, 15) is 10.1 Å². The first-order valence-corrected chi connectivity index (χ1v) is 14.6. The Morgan fingerprint density at radius 3 is 2.88 bits per heavy atom. The number of piperazine rings is 1. The van der Waals surface area contributed by atoms with Crippen LogP contribution in [0.5, 0.6) is 6.01 Å². The molecule has 0 spiro atoms. The number of nitrogens with zero attached hydrogens (tertiary/aromatic N) is 6. The molecule has 4 heterocycles. The van der Waals surface area contributed by atoms with Crippen LogP contribution < -0.4 is 9.64 Å².